The van der Waals surface area contributed by atoms with Crippen molar-refractivity contribution in [3.63, 3.8) is 0 Å². The number of carbonyl (C=O) groups excluding carboxylic acids is 1. The predicted octanol–water partition coefficient (Wildman–Crippen LogP) is 5.73. The van der Waals surface area contributed by atoms with Gasteiger partial charge in [0.05, 0.1) is 26.1 Å². The second-order valence-corrected chi connectivity index (χ2v) is 8.98. The van der Waals surface area contributed by atoms with Crippen molar-refractivity contribution in [1.29, 1.82) is 0 Å². The Morgan fingerprint density at radius 1 is 0.846 bits per heavy atom. The minimum Gasteiger partial charge on any atom is -0.493 e. The van der Waals surface area contributed by atoms with Gasteiger partial charge in [-0.2, -0.15) is 10.2 Å². The van der Waals surface area contributed by atoms with Gasteiger partial charge in [0, 0.05) is 40.0 Å². The second kappa shape index (κ2) is 11.1. The molecule has 1 amide bonds. The van der Waals surface area contributed by atoms with E-state index in [1.165, 1.54) is 0 Å². The molecule has 196 valence electrons. The molecule has 0 fully saturated rings. The predicted molar refractivity (Wildman–Crippen MR) is 152 cm³/mol. The third-order valence-electron chi connectivity index (χ3n) is 6.45. The van der Waals surface area contributed by atoms with E-state index in [0.29, 0.717) is 22.8 Å². The summed E-state index contributed by atoms with van der Waals surface area (Å²) in [7, 11) is 3.19. The molecule has 2 aromatic heterocycles. The van der Waals surface area contributed by atoms with Crippen LogP contribution in [0, 0.1) is 13.8 Å². The minimum absolute atomic E-state index is 0.304. The lowest BCUT2D eigenvalue weighted by Gasteiger charge is -2.10. The van der Waals surface area contributed by atoms with E-state index < -0.39 is 0 Å². The van der Waals surface area contributed by atoms with Gasteiger partial charge in [-0.3, -0.25) is 4.79 Å². The van der Waals surface area contributed by atoms with Crippen LogP contribution in [-0.4, -0.2) is 40.7 Å². The molecule has 0 atom stereocenters. The number of nitrogens with one attached hydrogen (secondary N) is 1. The molecule has 1 N–H and O–H groups in total. The van der Waals surface area contributed by atoms with Crippen molar-refractivity contribution in [3.05, 3.63) is 114 Å². The molecule has 0 aliphatic carbocycles. The summed E-state index contributed by atoms with van der Waals surface area (Å²) < 4.78 is 14.8. The van der Waals surface area contributed by atoms with Crippen LogP contribution in [0.15, 0.2) is 96.2 Å². The Labute approximate surface area is 227 Å². The summed E-state index contributed by atoms with van der Waals surface area (Å²) in [4.78, 5) is 12.8. The lowest BCUT2D eigenvalue weighted by molar-refractivity contribution is 0.0955. The Balaban J connectivity index is 1.40. The third-order valence-corrected chi connectivity index (χ3v) is 6.45. The van der Waals surface area contributed by atoms with Crippen LogP contribution in [0.4, 0.5) is 0 Å². The van der Waals surface area contributed by atoms with Crippen LogP contribution in [0.5, 0.6) is 11.5 Å². The molecule has 2 heterocycles. The van der Waals surface area contributed by atoms with Crippen LogP contribution in [-0.2, 0) is 0 Å². The Hall–Kier alpha value is -5.11. The zero-order valence-corrected chi connectivity index (χ0v) is 22.3. The Kier molecular flexibility index (Phi) is 7.27. The maximum Gasteiger partial charge on any atom is 0.271 e. The van der Waals surface area contributed by atoms with Crippen molar-refractivity contribution in [2.75, 3.05) is 14.2 Å². The van der Waals surface area contributed by atoms with Crippen molar-refractivity contribution in [2.45, 2.75) is 13.8 Å². The van der Waals surface area contributed by atoms with Crippen molar-refractivity contribution >= 4 is 12.1 Å². The molecule has 0 aliphatic heterocycles. The number of aromatic nitrogens is 3. The molecule has 0 radical (unpaired) electrons. The number of amides is 1. The number of hydrogen-bond donors (Lipinski definition) is 1. The zero-order chi connectivity index (χ0) is 27.4. The first-order valence-corrected chi connectivity index (χ1v) is 12.4. The molecule has 0 unspecified atom stereocenters. The first-order chi connectivity index (χ1) is 19.0. The summed E-state index contributed by atoms with van der Waals surface area (Å²) in [5.74, 6) is 0.912. The highest BCUT2D eigenvalue weighted by Crippen LogP contribution is 2.33. The number of aryl methyl sites for hydroxylation is 2. The topological polar surface area (TPSA) is 82.7 Å². The van der Waals surface area contributed by atoms with Crippen molar-refractivity contribution in [1.82, 2.24) is 19.8 Å². The molecule has 0 spiro atoms. The molecule has 5 rings (SSSR count). The van der Waals surface area contributed by atoms with Gasteiger partial charge in [0.1, 0.15) is 5.69 Å². The van der Waals surface area contributed by atoms with Crippen molar-refractivity contribution < 1.29 is 14.3 Å². The van der Waals surface area contributed by atoms with Crippen LogP contribution in [0.2, 0.25) is 0 Å². The number of hydrogen-bond acceptors (Lipinski definition) is 5. The van der Waals surface area contributed by atoms with Gasteiger partial charge in [0.15, 0.2) is 11.5 Å². The molecule has 0 bridgehead atoms. The standard InChI is InChI=1S/C31H29N5O3/c1-21-10-11-22(2)36(21)27-15-12-23(13-16-27)31(37)33-32-19-25-20-35(26-8-6-5-7-9-26)34-30(25)24-14-17-28(38-3)29(18-24)39-4/h5-20H,1-4H3,(H,33,37)/b32-19-. The highest BCUT2D eigenvalue weighted by Gasteiger charge is 2.14. The first kappa shape index (κ1) is 25.5. The fourth-order valence-corrected chi connectivity index (χ4v) is 4.47. The molecule has 8 nitrogen and oxygen atoms in total. The lowest BCUT2D eigenvalue weighted by atomic mass is 10.1. The van der Waals surface area contributed by atoms with Gasteiger partial charge >= 0.3 is 0 Å². The van der Waals surface area contributed by atoms with E-state index in [0.717, 1.165) is 33.9 Å². The van der Waals surface area contributed by atoms with Crippen molar-refractivity contribution in [3.8, 4) is 34.1 Å². The number of para-hydroxylation sites is 1. The number of nitrogens with zero attached hydrogens (tertiary/aromatic N) is 4. The Morgan fingerprint density at radius 3 is 2.21 bits per heavy atom. The van der Waals surface area contributed by atoms with E-state index in [-0.39, 0.29) is 5.91 Å². The van der Waals surface area contributed by atoms with Crippen LogP contribution in [0.3, 0.4) is 0 Å². The summed E-state index contributed by atoms with van der Waals surface area (Å²) in [6.07, 6.45) is 3.46. The van der Waals surface area contributed by atoms with Crippen molar-refractivity contribution in [2.24, 2.45) is 5.10 Å². The number of hydrazone groups is 1. The maximum absolute atomic E-state index is 12.8. The van der Waals surface area contributed by atoms with E-state index in [2.05, 4.69) is 41.1 Å². The molecule has 0 aliphatic rings. The summed E-state index contributed by atoms with van der Waals surface area (Å²) >= 11 is 0. The van der Waals surface area contributed by atoms with Crippen LogP contribution >= 0.6 is 0 Å². The molecule has 39 heavy (non-hydrogen) atoms. The van der Waals surface area contributed by atoms with Crippen LogP contribution in [0.1, 0.15) is 27.3 Å². The van der Waals surface area contributed by atoms with E-state index in [4.69, 9.17) is 14.6 Å². The maximum atomic E-state index is 12.8. The number of carbonyl (C=O) groups is 1. The van der Waals surface area contributed by atoms with Gasteiger partial charge in [0.2, 0.25) is 0 Å². The summed E-state index contributed by atoms with van der Waals surface area (Å²) in [6, 6.07) is 27.0. The highest BCUT2D eigenvalue weighted by molar-refractivity contribution is 5.96. The van der Waals surface area contributed by atoms with E-state index >= 15 is 0 Å². The molecular weight excluding hydrogens is 490 g/mol. The smallest absolute Gasteiger partial charge is 0.271 e. The Bertz CT molecular complexity index is 1610. The van der Waals surface area contributed by atoms with Gasteiger partial charge in [-0.1, -0.05) is 18.2 Å². The number of rotatable bonds is 8. The Morgan fingerprint density at radius 2 is 1.54 bits per heavy atom. The fourth-order valence-electron chi connectivity index (χ4n) is 4.47. The van der Waals surface area contributed by atoms with Gasteiger partial charge in [0.25, 0.3) is 5.91 Å². The summed E-state index contributed by atoms with van der Waals surface area (Å²) in [5.41, 5.74) is 9.54. The van der Waals surface area contributed by atoms with Gasteiger partial charge in [-0.25, -0.2) is 10.1 Å². The highest BCUT2D eigenvalue weighted by atomic mass is 16.5. The number of methoxy groups -OCH3 is 2. The van der Waals surface area contributed by atoms with Gasteiger partial charge < -0.3 is 14.0 Å². The molecular formula is C31H29N5O3. The average Bonchev–Trinajstić information content (AvgIpc) is 3.55. The number of benzene rings is 3. The third kappa shape index (κ3) is 5.31. The fraction of sp³-hybridized carbons (Fsp3) is 0.129. The molecule has 8 heteroatoms. The normalized spacial score (nSPS) is 11.1. The quantitative estimate of drug-likeness (QED) is 0.210. The van der Waals surface area contributed by atoms with Crippen LogP contribution < -0.4 is 14.9 Å². The minimum atomic E-state index is -0.304. The summed E-state index contributed by atoms with van der Waals surface area (Å²) in [6.45, 7) is 4.11. The largest absolute Gasteiger partial charge is 0.493 e. The lowest BCUT2D eigenvalue weighted by Crippen LogP contribution is -2.17. The molecule has 0 saturated heterocycles. The van der Waals surface area contributed by atoms with Gasteiger partial charge in [-0.15, -0.1) is 0 Å². The summed E-state index contributed by atoms with van der Waals surface area (Å²) in [5, 5.41) is 9.05. The van der Waals surface area contributed by atoms with Gasteiger partial charge in [-0.05, 0) is 80.6 Å². The molecule has 0 saturated carbocycles. The molecule has 3 aromatic carbocycles. The van der Waals surface area contributed by atoms with E-state index in [1.54, 1.807) is 37.2 Å². The number of ether oxygens (including phenoxy) is 2. The molecule has 5 aromatic rings. The monoisotopic (exact) mass is 519 g/mol. The van der Waals surface area contributed by atoms with Crippen LogP contribution in [0.25, 0.3) is 22.6 Å². The zero-order valence-electron chi connectivity index (χ0n) is 22.3. The first-order valence-electron chi connectivity index (χ1n) is 12.4. The van der Waals surface area contributed by atoms with E-state index in [1.807, 2.05) is 66.9 Å². The second-order valence-electron chi connectivity index (χ2n) is 8.98. The van der Waals surface area contributed by atoms with E-state index in [9.17, 15) is 4.79 Å². The SMILES string of the molecule is COc1ccc(-c2nn(-c3ccccc3)cc2/C=N\NC(=O)c2ccc(-n3c(C)ccc3C)cc2)cc1OC. The average molecular weight is 520 g/mol.